The molecule has 0 fully saturated rings. The quantitative estimate of drug-likeness (QED) is 0.421. The molecule has 0 atom stereocenters. The van der Waals surface area contributed by atoms with Gasteiger partial charge in [0.25, 0.3) is 11.7 Å². The minimum Gasteiger partial charge on any atom is -0.383 e. The second-order valence-electron chi connectivity index (χ2n) is 2.26. The van der Waals surface area contributed by atoms with Crippen LogP contribution >= 0.6 is 0 Å². The summed E-state index contributed by atoms with van der Waals surface area (Å²) in [6.45, 7) is 0. The van der Waals surface area contributed by atoms with Crippen molar-refractivity contribution in [1.82, 2.24) is 9.78 Å². The fraction of sp³-hybridized carbons (Fsp3) is 0.167. The van der Waals surface area contributed by atoms with E-state index in [1.807, 2.05) is 0 Å². The highest BCUT2D eigenvalue weighted by Crippen LogP contribution is 2.09. The first-order chi connectivity index (χ1) is 5.54. The Kier molecular flexibility index (Phi) is 1.82. The minimum absolute atomic E-state index is 0.0463. The molecule has 0 aliphatic rings. The second kappa shape index (κ2) is 2.65. The maximum absolute atomic E-state index is 11.0. The fourth-order valence-electron chi connectivity index (χ4n) is 0.755. The van der Waals surface area contributed by atoms with Crippen LogP contribution in [-0.4, -0.2) is 21.5 Å². The van der Waals surface area contributed by atoms with E-state index in [-0.39, 0.29) is 11.4 Å². The van der Waals surface area contributed by atoms with Gasteiger partial charge in [-0.3, -0.25) is 14.3 Å². The van der Waals surface area contributed by atoms with Gasteiger partial charge in [0.2, 0.25) is 0 Å². The Morgan fingerprint density at radius 3 is 2.50 bits per heavy atom. The maximum Gasteiger partial charge on any atom is 0.290 e. The molecular formula is C6H8N4O2. The van der Waals surface area contributed by atoms with Crippen LogP contribution in [0.5, 0.6) is 0 Å². The number of amides is 1. The molecule has 0 bridgehead atoms. The number of Topliss-reactive ketones (excluding diaryl/α,β-unsaturated/α-hetero) is 1. The number of hydrogen-bond donors (Lipinski definition) is 2. The van der Waals surface area contributed by atoms with Crippen LogP contribution in [0.4, 0.5) is 5.82 Å². The number of carbonyl (C=O) groups is 2. The summed E-state index contributed by atoms with van der Waals surface area (Å²) in [6, 6.07) is 0. The number of nitrogen functional groups attached to an aromatic ring is 1. The third kappa shape index (κ3) is 1.14. The van der Waals surface area contributed by atoms with E-state index in [0.29, 0.717) is 0 Å². The van der Waals surface area contributed by atoms with Gasteiger partial charge in [-0.2, -0.15) is 5.10 Å². The molecule has 12 heavy (non-hydrogen) atoms. The average Bonchev–Trinajstić information content (AvgIpc) is 2.32. The lowest BCUT2D eigenvalue weighted by molar-refractivity contribution is -0.114. The molecule has 1 aromatic rings. The summed E-state index contributed by atoms with van der Waals surface area (Å²) in [6.07, 6.45) is 1.21. The number of carbonyl (C=O) groups excluding carboxylic acids is 2. The lowest BCUT2D eigenvalue weighted by atomic mass is 10.2. The van der Waals surface area contributed by atoms with Gasteiger partial charge in [0.15, 0.2) is 0 Å². The molecular weight excluding hydrogens is 160 g/mol. The highest BCUT2D eigenvalue weighted by atomic mass is 16.2. The van der Waals surface area contributed by atoms with Crippen LogP contribution in [0.15, 0.2) is 6.20 Å². The van der Waals surface area contributed by atoms with Gasteiger partial charge in [-0.25, -0.2) is 0 Å². The third-order valence-corrected chi connectivity index (χ3v) is 1.45. The number of nitrogens with two attached hydrogens (primary N) is 2. The van der Waals surface area contributed by atoms with Crippen molar-refractivity contribution in [2.24, 2.45) is 12.8 Å². The zero-order valence-electron chi connectivity index (χ0n) is 6.44. The zero-order valence-corrected chi connectivity index (χ0v) is 6.44. The van der Waals surface area contributed by atoms with Gasteiger partial charge in [0.05, 0.1) is 11.8 Å². The molecule has 1 aromatic heterocycles. The molecule has 0 spiro atoms. The van der Waals surface area contributed by atoms with Gasteiger partial charge in [0, 0.05) is 7.05 Å². The van der Waals surface area contributed by atoms with E-state index in [1.165, 1.54) is 10.9 Å². The van der Waals surface area contributed by atoms with Crippen molar-refractivity contribution in [1.29, 1.82) is 0 Å². The summed E-state index contributed by atoms with van der Waals surface area (Å²) in [4.78, 5) is 21.4. The van der Waals surface area contributed by atoms with Crippen LogP contribution in [0.2, 0.25) is 0 Å². The second-order valence-corrected chi connectivity index (χ2v) is 2.26. The molecule has 6 nitrogen and oxygen atoms in total. The number of primary amides is 1. The van der Waals surface area contributed by atoms with Crippen LogP contribution in [0.3, 0.4) is 0 Å². The Morgan fingerprint density at radius 1 is 1.58 bits per heavy atom. The largest absolute Gasteiger partial charge is 0.383 e. The summed E-state index contributed by atoms with van der Waals surface area (Å²) in [5.41, 5.74) is 10.2. The van der Waals surface area contributed by atoms with Crippen LogP contribution < -0.4 is 11.5 Å². The number of rotatable bonds is 2. The smallest absolute Gasteiger partial charge is 0.290 e. The summed E-state index contributed by atoms with van der Waals surface area (Å²) < 4.78 is 1.29. The van der Waals surface area contributed by atoms with Crippen molar-refractivity contribution in [2.45, 2.75) is 0 Å². The first-order valence-corrected chi connectivity index (χ1v) is 3.15. The summed E-state index contributed by atoms with van der Waals surface area (Å²) in [7, 11) is 1.56. The van der Waals surface area contributed by atoms with E-state index < -0.39 is 11.7 Å². The van der Waals surface area contributed by atoms with Crippen LogP contribution in [-0.2, 0) is 11.8 Å². The Bertz CT molecular complexity index is 341. The number of ketones is 1. The molecule has 64 valence electrons. The van der Waals surface area contributed by atoms with Crippen molar-refractivity contribution in [3.05, 3.63) is 11.8 Å². The molecule has 1 amide bonds. The lowest BCUT2D eigenvalue weighted by Crippen LogP contribution is -2.23. The van der Waals surface area contributed by atoms with Crippen molar-refractivity contribution in [2.75, 3.05) is 5.73 Å². The molecule has 0 saturated heterocycles. The summed E-state index contributed by atoms with van der Waals surface area (Å²) in [5.74, 6) is -1.71. The Hall–Kier alpha value is -1.85. The van der Waals surface area contributed by atoms with Gasteiger partial charge in [-0.05, 0) is 0 Å². The van der Waals surface area contributed by atoms with Crippen LogP contribution in [0.25, 0.3) is 0 Å². The highest BCUT2D eigenvalue weighted by molar-refractivity contribution is 6.43. The monoisotopic (exact) mass is 168 g/mol. The molecule has 0 unspecified atom stereocenters. The Balaban J connectivity index is 3.12. The molecule has 1 rings (SSSR count). The lowest BCUT2D eigenvalue weighted by Gasteiger charge is -1.95. The van der Waals surface area contributed by atoms with Gasteiger partial charge < -0.3 is 11.5 Å². The topological polar surface area (TPSA) is 104 Å². The number of hydrogen-bond acceptors (Lipinski definition) is 4. The molecule has 0 aliphatic heterocycles. The molecule has 0 aromatic carbocycles. The van der Waals surface area contributed by atoms with Crippen LogP contribution in [0.1, 0.15) is 10.4 Å². The predicted octanol–water partition coefficient (Wildman–Crippen LogP) is -1.33. The number of anilines is 1. The molecule has 4 N–H and O–H groups in total. The van der Waals surface area contributed by atoms with E-state index in [4.69, 9.17) is 11.5 Å². The first-order valence-electron chi connectivity index (χ1n) is 3.15. The SMILES string of the molecule is Cn1ncc(C(=O)C(N)=O)c1N. The first kappa shape index (κ1) is 8.25. The van der Waals surface area contributed by atoms with Crippen LogP contribution in [0, 0.1) is 0 Å². The van der Waals surface area contributed by atoms with E-state index in [1.54, 1.807) is 7.05 Å². The summed E-state index contributed by atoms with van der Waals surface area (Å²) >= 11 is 0. The normalized spacial score (nSPS) is 9.75. The van der Waals surface area contributed by atoms with Crippen molar-refractivity contribution < 1.29 is 9.59 Å². The zero-order chi connectivity index (χ0) is 9.30. The number of aromatic nitrogens is 2. The minimum atomic E-state index is -1.03. The summed E-state index contributed by atoms with van der Waals surface area (Å²) in [5, 5.41) is 3.68. The van der Waals surface area contributed by atoms with E-state index in [0.717, 1.165) is 0 Å². The molecule has 0 saturated carbocycles. The van der Waals surface area contributed by atoms with E-state index in [9.17, 15) is 9.59 Å². The van der Waals surface area contributed by atoms with Crippen molar-refractivity contribution >= 4 is 17.5 Å². The Labute approximate surface area is 68.1 Å². The van der Waals surface area contributed by atoms with Crippen molar-refractivity contribution in [3.63, 3.8) is 0 Å². The Morgan fingerprint density at radius 2 is 2.17 bits per heavy atom. The highest BCUT2D eigenvalue weighted by Gasteiger charge is 2.18. The standard InChI is InChI=1S/C6H8N4O2/c1-10-5(7)3(2-9-10)4(11)6(8)12/h2H,7H2,1H3,(H2,8,12). The third-order valence-electron chi connectivity index (χ3n) is 1.45. The van der Waals surface area contributed by atoms with E-state index >= 15 is 0 Å². The molecule has 6 heteroatoms. The predicted molar refractivity (Wildman–Crippen MR) is 41.1 cm³/mol. The average molecular weight is 168 g/mol. The van der Waals surface area contributed by atoms with Gasteiger partial charge >= 0.3 is 0 Å². The van der Waals surface area contributed by atoms with Crippen molar-refractivity contribution in [3.8, 4) is 0 Å². The fourth-order valence-corrected chi connectivity index (χ4v) is 0.755. The van der Waals surface area contributed by atoms with Gasteiger partial charge in [-0.1, -0.05) is 0 Å². The molecule has 0 radical (unpaired) electrons. The van der Waals surface area contributed by atoms with Gasteiger partial charge in [0.1, 0.15) is 5.82 Å². The molecule has 0 aliphatic carbocycles. The maximum atomic E-state index is 11.0. The number of nitrogens with zero attached hydrogens (tertiary/aromatic N) is 2. The number of aryl methyl sites for hydroxylation is 1. The van der Waals surface area contributed by atoms with E-state index in [2.05, 4.69) is 5.10 Å². The van der Waals surface area contributed by atoms with Gasteiger partial charge in [-0.15, -0.1) is 0 Å². The molecule has 1 heterocycles.